The lowest BCUT2D eigenvalue weighted by molar-refractivity contribution is 0.0551. The Morgan fingerprint density at radius 2 is 1.79 bits per heavy atom. The molecule has 136 valence electrons. The Morgan fingerprint density at radius 1 is 1.12 bits per heavy atom. The summed E-state index contributed by atoms with van der Waals surface area (Å²) in [5.74, 6) is 2.18. The predicted octanol–water partition coefficient (Wildman–Crippen LogP) is 3.86. The number of aromatic nitrogens is 2. The summed E-state index contributed by atoms with van der Waals surface area (Å²) in [5, 5.41) is 12.4. The predicted molar refractivity (Wildman–Crippen MR) is 95.9 cm³/mol. The highest BCUT2D eigenvalue weighted by Gasteiger charge is 2.40. The van der Waals surface area contributed by atoms with Crippen LogP contribution in [0.1, 0.15) is 90.8 Å². The molecule has 0 atom stereocenters. The summed E-state index contributed by atoms with van der Waals surface area (Å²) in [6, 6.07) is 0.555. The minimum Gasteiger partial charge on any atom is -0.424 e. The third-order valence-corrected chi connectivity index (χ3v) is 5.23. The van der Waals surface area contributed by atoms with Gasteiger partial charge in [0.1, 0.15) is 0 Å². The van der Waals surface area contributed by atoms with Crippen LogP contribution in [0.2, 0.25) is 0 Å². The Hall–Kier alpha value is -0.940. The van der Waals surface area contributed by atoms with E-state index >= 15 is 0 Å². The van der Waals surface area contributed by atoms with Gasteiger partial charge in [0, 0.05) is 23.0 Å². The van der Waals surface area contributed by atoms with Crippen LogP contribution in [-0.2, 0) is 6.54 Å². The van der Waals surface area contributed by atoms with Crippen molar-refractivity contribution in [3.8, 4) is 0 Å². The Morgan fingerprint density at radius 3 is 2.38 bits per heavy atom. The van der Waals surface area contributed by atoms with Crippen LogP contribution in [-0.4, -0.2) is 38.8 Å². The second-order valence-electron chi connectivity index (χ2n) is 9.09. The van der Waals surface area contributed by atoms with Gasteiger partial charge in [-0.25, -0.2) is 0 Å². The molecule has 3 rings (SSSR count). The molecule has 0 aromatic carbocycles. The average Bonchev–Trinajstić information content (AvgIpc) is 3.20. The molecule has 0 bridgehead atoms. The van der Waals surface area contributed by atoms with Crippen LogP contribution in [0.15, 0.2) is 4.42 Å². The van der Waals surface area contributed by atoms with E-state index in [2.05, 4.69) is 55.0 Å². The fourth-order valence-corrected chi connectivity index (χ4v) is 4.28. The van der Waals surface area contributed by atoms with E-state index in [0.717, 1.165) is 37.7 Å². The zero-order valence-electron chi connectivity index (χ0n) is 16.1. The molecule has 1 saturated carbocycles. The number of hydrogen-bond acceptors (Lipinski definition) is 5. The Kier molecular flexibility index (Phi) is 5.03. The monoisotopic (exact) mass is 334 g/mol. The van der Waals surface area contributed by atoms with E-state index in [1.165, 1.54) is 25.7 Å². The third-order valence-electron chi connectivity index (χ3n) is 5.23. The maximum Gasteiger partial charge on any atom is 0.230 e. The summed E-state index contributed by atoms with van der Waals surface area (Å²) in [7, 11) is 0. The standard InChI is InChI=1S/C19H34N4O/c1-6-7-10-23(13-16-20-21-17(24-16)14-8-9-14)15-11-18(2,3)22-19(4,5)12-15/h14-15,22H,6-13H2,1-5H3. The fourth-order valence-electron chi connectivity index (χ4n) is 4.28. The van der Waals surface area contributed by atoms with E-state index in [1.54, 1.807) is 0 Å². The van der Waals surface area contributed by atoms with E-state index in [4.69, 9.17) is 4.42 Å². The maximum atomic E-state index is 5.93. The number of unbranched alkanes of at least 4 members (excludes halogenated alkanes) is 1. The molecule has 1 N–H and O–H groups in total. The second-order valence-corrected chi connectivity index (χ2v) is 9.09. The Labute approximate surface area is 146 Å². The van der Waals surface area contributed by atoms with E-state index in [9.17, 15) is 0 Å². The molecule has 0 unspecified atom stereocenters. The van der Waals surface area contributed by atoms with E-state index in [1.807, 2.05) is 0 Å². The molecule has 1 saturated heterocycles. The van der Waals surface area contributed by atoms with Crippen LogP contribution < -0.4 is 5.32 Å². The molecule has 24 heavy (non-hydrogen) atoms. The molecular formula is C19H34N4O. The van der Waals surface area contributed by atoms with Crippen molar-refractivity contribution in [3.63, 3.8) is 0 Å². The van der Waals surface area contributed by atoms with Gasteiger partial charge in [-0.15, -0.1) is 10.2 Å². The quantitative estimate of drug-likeness (QED) is 0.820. The summed E-state index contributed by atoms with van der Waals surface area (Å²) in [5.41, 5.74) is 0.315. The van der Waals surface area contributed by atoms with Gasteiger partial charge in [-0.05, 0) is 66.3 Å². The van der Waals surface area contributed by atoms with Crippen LogP contribution in [0.3, 0.4) is 0 Å². The molecule has 1 aromatic heterocycles. The van der Waals surface area contributed by atoms with E-state index in [0.29, 0.717) is 12.0 Å². The van der Waals surface area contributed by atoms with Crippen LogP contribution >= 0.6 is 0 Å². The topological polar surface area (TPSA) is 54.2 Å². The lowest BCUT2D eigenvalue weighted by Crippen LogP contribution is -2.62. The molecule has 5 nitrogen and oxygen atoms in total. The van der Waals surface area contributed by atoms with E-state index < -0.39 is 0 Å². The first-order valence-electron chi connectivity index (χ1n) is 9.64. The van der Waals surface area contributed by atoms with Crippen molar-refractivity contribution < 1.29 is 4.42 Å². The first-order valence-corrected chi connectivity index (χ1v) is 9.64. The number of nitrogens with zero attached hydrogens (tertiary/aromatic N) is 3. The van der Waals surface area contributed by atoms with Crippen molar-refractivity contribution in [1.29, 1.82) is 0 Å². The molecule has 2 aliphatic rings. The van der Waals surface area contributed by atoms with Crippen LogP contribution in [0.25, 0.3) is 0 Å². The van der Waals surface area contributed by atoms with Gasteiger partial charge >= 0.3 is 0 Å². The van der Waals surface area contributed by atoms with Crippen molar-refractivity contribution in [1.82, 2.24) is 20.4 Å². The van der Waals surface area contributed by atoms with Crippen LogP contribution in [0, 0.1) is 0 Å². The van der Waals surface area contributed by atoms with Crippen molar-refractivity contribution in [3.05, 3.63) is 11.8 Å². The van der Waals surface area contributed by atoms with Gasteiger partial charge in [-0.2, -0.15) is 0 Å². The lowest BCUT2D eigenvalue weighted by Gasteiger charge is -2.49. The molecular weight excluding hydrogens is 300 g/mol. The smallest absolute Gasteiger partial charge is 0.230 e. The SMILES string of the molecule is CCCCN(Cc1nnc(C2CC2)o1)C1CC(C)(C)NC(C)(C)C1. The molecule has 0 radical (unpaired) electrons. The highest BCUT2D eigenvalue weighted by Crippen LogP contribution is 2.39. The lowest BCUT2D eigenvalue weighted by atomic mass is 9.79. The maximum absolute atomic E-state index is 5.93. The summed E-state index contributed by atoms with van der Waals surface area (Å²) in [6.07, 6.45) is 7.16. The fraction of sp³-hybridized carbons (Fsp3) is 0.895. The van der Waals surface area contributed by atoms with Crippen molar-refractivity contribution in [2.45, 2.75) is 103 Å². The number of hydrogen-bond donors (Lipinski definition) is 1. The van der Waals surface area contributed by atoms with Gasteiger partial charge in [0.25, 0.3) is 0 Å². The van der Waals surface area contributed by atoms with Gasteiger partial charge in [0.2, 0.25) is 11.8 Å². The first kappa shape index (κ1) is 17.9. The molecule has 1 aliphatic heterocycles. The molecule has 5 heteroatoms. The summed E-state index contributed by atoms with van der Waals surface area (Å²) in [4.78, 5) is 2.58. The molecule has 0 amide bonds. The second kappa shape index (κ2) is 6.75. The molecule has 2 fully saturated rings. The zero-order chi connectivity index (χ0) is 17.4. The van der Waals surface area contributed by atoms with Gasteiger partial charge in [0.15, 0.2) is 0 Å². The summed E-state index contributed by atoms with van der Waals surface area (Å²) < 4.78 is 5.93. The highest BCUT2D eigenvalue weighted by atomic mass is 16.4. The van der Waals surface area contributed by atoms with Gasteiger partial charge < -0.3 is 9.73 Å². The molecule has 2 heterocycles. The normalized spacial score (nSPS) is 23.8. The van der Waals surface area contributed by atoms with Gasteiger partial charge in [-0.3, -0.25) is 4.90 Å². The largest absolute Gasteiger partial charge is 0.424 e. The Balaban J connectivity index is 1.71. The van der Waals surface area contributed by atoms with Crippen molar-refractivity contribution in [2.24, 2.45) is 0 Å². The number of nitrogens with one attached hydrogen (secondary N) is 1. The molecule has 1 aliphatic carbocycles. The van der Waals surface area contributed by atoms with Crippen LogP contribution in [0.5, 0.6) is 0 Å². The first-order chi connectivity index (χ1) is 11.3. The number of piperidine rings is 1. The van der Waals surface area contributed by atoms with Crippen molar-refractivity contribution in [2.75, 3.05) is 6.54 Å². The molecule has 1 aromatic rings. The Bertz CT molecular complexity index is 531. The summed E-state index contributed by atoms with van der Waals surface area (Å²) in [6.45, 7) is 13.4. The number of rotatable bonds is 7. The van der Waals surface area contributed by atoms with Gasteiger partial charge in [-0.1, -0.05) is 13.3 Å². The molecule has 0 spiro atoms. The van der Waals surface area contributed by atoms with Crippen LogP contribution in [0.4, 0.5) is 0 Å². The van der Waals surface area contributed by atoms with E-state index in [-0.39, 0.29) is 11.1 Å². The summed E-state index contributed by atoms with van der Waals surface area (Å²) >= 11 is 0. The highest BCUT2D eigenvalue weighted by molar-refractivity contribution is 5.02. The minimum absolute atomic E-state index is 0.158. The minimum atomic E-state index is 0.158. The zero-order valence-corrected chi connectivity index (χ0v) is 16.1. The van der Waals surface area contributed by atoms with Gasteiger partial charge in [0.05, 0.1) is 6.54 Å². The van der Waals surface area contributed by atoms with Crippen molar-refractivity contribution >= 4 is 0 Å². The average molecular weight is 335 g/mol. The third kappa shape index (κ3) is 4.57.